The van der Waals surface area contributed by atoms with Gasteiger partial charge in [0.15, 0.2) is 11.7 Å². The molecule has 4 nitrogen and oxygen atoms in total. The first kappa shape index (κ1) is 16.3. The molecular formula is C18H24N2O2. The van der Waals surface area contributed by atoms with Crippen molar-refractivity contribution in [1.82, 2.24) is 10.3 Å². The van der Waals surface area contributed by atoms with Gasteiger partial charge in [0.25, 0.3) is 0 Å². The summed E-state index contributed by atoms with van der Waals surface area (Å²) in [5, 5.41) is 2.99. The lowest BCUT2D eigenvalue weighted by Gasteiger charge is -2.11. The molecule has 0 aliphatic carbocycles. The molecule has 1 atom stereocenters. The van der Waals surface area contributed by atoms with E-state index in [0.717, 1.165) is 24.2 Å². The largest absolute Gasteiger partial charge is 0.441 e. The molecule has 0 fully saturated rings. The van der Waals surface area contributed by atoms with Crippen LogP contribution in [0.4, 0.5) is 0 Å². The predicted octanol–water partition coefficient (Wildman–Crippen LogP) is 3.89. The van der Waals surface area contributed by atoms with Crippen molar-refractivity contribution < 1.29 is 9.21 Å². The number of amides is 1. The molecule has 1 N–H and O–H groups in total. The maximum atomic E-state index is 11.8. The lowest BCUT2D eigenvalue weighted by molar-refractivity contribution is -0.121. The van der Waals surface area contributed by atoms with Gasteiger partial charge in [-0.25, -0.2) is 4.98 Å². The van der Waals surface area contributed by atoms with Crippen molar-refractivity contribution in [2.75, 3.05) is 0 Å². The minimum atomic E-state index is 0.0519. The van der Waals surface area contributed by atoms with Crippen molar-refractivity contribution in [2.45, 2.75) is 52.5 Å². The fourth-order valence-corrected chi connectivity index (χ4v) is 2.35. The number of nitrogens with one attached hydrogen (secondary N) is 1. The van der Waals surface area contributed by atoms with E-state index < -0.39 is 0 Å². The minimum Gasteiger partial charge on any atom is -0.441 e. The van der Waals surface area contributed by atoms with Crippen LogP contribution in [0.2, 0.25) is 0 Å². The molecule has 0 aliphatic rings. The van der Waals surface area contributed by atoms with Crippen LogP contribution < -0.4 is 5.32 Å². The Morgan fingerprint density at radius 1 is 1.32 bits per heavy atom. The number of aromatic nitrogens is 1. The smallest absolute Gasteiger partial charge is 0.220 e. The molecule has 1 unspecified atom stereocenters. The van der Waals surface area contributed by atoms with Crippen LogP contribution in [0.15, 0.2) is 34.9 Å². The molecule has 0 spiro atoms. The standard InChI is InChI=1S/C18H24N2O2/c1-4-5-14(3)20-17(21)10-11-18-19-12-16(22-18)15-8-6-13(2)7-9-15/h6-9,12,14H,4-5,10-11H2,1-3H3,(H,20,21). The molecule has 0 aliphatic heterocycles. The van der Waals surface area contributed by atoms with Crippen molar-refractivity contribution in [2.24, 2.45) is 0 Å². The molecule has 1 amide bonds. The summed E-state index contributed by atoms with van der Waals surface area (Å²) in [6.45, 7) is 6.19. The second-order valence-electron chi connectivity index (χ2n) is 5.74. The Labute approximate surface area is 131 Å². The summed E-state index contributed by atoms with van der Waals surface area (Å²) in [6, 6.07) is 8.34. The third-order valence-corrected chi connectivity index (χ3v) is 3.58. The zero-order valence-corrected chi connectivity index (χ0v) is 13.6. The van der Waals surface area contributed by atoms with Crippen molar-refractivity contribution in [3.63, 3.8) is 0 Å². The molecule has 4 heteroatoms. The van der Waals surface area contributed by atoms with E-state index in [-0.39, 0.29) is 11.9 Å². The lowest BCUT2D eigenvalue weighted by Crippen LogP contribution is -2.32. The quantitative estimate of drug-likeness (QED) is 0.844. The van der Waals surface area contributed by atoms with Gasteiger partial charge in [-0.15, -0.1) is 0 Å². The van der Waals surface area contributed by atoms with Gasteiger partial charge in [-0.1, -0.05) is 43.2 Å². The van der Waals surface area contributed by atoms with E-state index in [1.165, 1.54) is 5.56 Å². The van der Waals surface area contributed by atoms with Crippen LogP contribution in [-0.4, -0.2) is 16.9 Å². The van der Waals surface area contributed by atoms with Crippen LogP contribution in [0.5, 0.6) is 0 Å². The first-order valence-electron chi connectivity index (χ1n) is 7.89. The third kappa shape index (κ3) is 4.72. The molecule has 118 valence electrons. The van der Waals surface area contributed by atoms with Crippen LogP contribution in [0, 0.1) is 6.92 Å². The van der Waals surface area contributed by atoms with Gasteiger partial charge in [-0.3, -0.25) is 4.79 Å². The molecule has 0 saturated carbocycles. The van der Waals surface area contributed by atoms with E-state index in [2.05, 4.69) is 17.2 Å². The summed E-state index contributed by atoms with van der Waals surface area (Å²) in [7, 11) is 0. The highest BCUT2D eigenvalue weighted by molar-refractivity contribution is 5.76. The van der Waals surface area contributed by atoms with Gasteiger partial charge in [0.1, 0.15) is 0 Å². The van der Waals surface area contributed by atoms with E-state index in [1.807, 2.05) is 38.1 Å². The van der Waals surface area contributed by atoms with Gasteiger partial charge < -0.3 is 9.73 Å². The third-order valence-electron chi connectivity index (χ3n) is 3.58. The van der Waals surface area contributed by atoms with Crippen molar-refractivity contribution in [3.05, 3.63) is 41.9 Å². The van der Waals surface area contributed by atoms with Gasteiger partial charge in [-0.05, 0) is 20.3 Å². The first-order valence-corrected chi connectivity index (χ1v) is 7.89. The fraction of sp³-hybridized carbons (Fsp3) is 0.444. The lowest BCUT2D eigenvalue weighted by atomic mass is 10.1. The Morgan fingerprint density at radius 3 is 2.73 bits per heavy atom. The van der Waals surface area contributed by atoms with E-state index in [4.69, 9.17) is 4.42 Å². The molecule has 22 heavy (non-hydrogen) atoms. The first-order chi connectivity index (χ1) is 10.6. The Morgan fingerprint density at radius 2 is 2.05 bits per heavy atom. The number of hydrogen-bond donors (Lipinski definition) is 1. The molecular weight excluding hydrogens is 276 g/mol. The van der Waals surface area contributed by atoms with Crippen LogP contribution >= 0.6 is 0 Å². The van der Waals surface area contributed by atoms with E-state index >= 15 is 0 Å². The minimum absolute atomic E-state index is 0.0519. The Kier molecular flexibility index (Phi) is 5.75. The number of oxazole rings is 1. The Balaban J connectivity index is 1.87. The molecule has 0 bridgehead atoms. The summed E-state index contributed by atoms with van der Waals surface area (Å²) in [5.74, 6) is 1.40. The summed E-state index contributed by atoms with van der Waals surface area (Å²) >= 11 is 0. The van der Waals surface area contributed by atoms with Crippen LogP contribution in [0.1, 0.15) is 44.6 Å². The average molecular weight is 300 g/mol. The van der Waals surface area contributed by atoms with Gasteiger partial charge in [0.05, 0.1) is 6.20 Å². The number of rotatable bonds is 7. The summed E-state index contributed by atoms with van der Waals surface area (Å²) in [5.41, 5.74) is 2.21. The number of nitrogens with zero attached hydrogens (tertiary/aromatic N) is 1. The normalized spacial score (nSPS) is 12.1. The number of benzene rings is 1. The highest BCUT2D eigenvalue weighted by Gasteiger charge is 2.10. The Bertz CT molecular complexity index is 602. The number of carbonyl (C=O) groups is 1. The topological polar surface area (TPSA) is 55.1 Å². The van der Waals surface area contributed by atoms with Crippen LogP contribution in [0.25, 0.3) is 11.3 Å². The highest BCUT2D eigenvalue weighted by Crippen LogP contribution is 2.21. The highest BCUT2D eigenvalue weighted by atomic mass is 16.4. The zero-order valence-electron chi connectivity index (χ0n) is 13.6. The molecule has 1 heterocycles. The molecule has 1 aromatic carbocycles. The SMILES string of the molecule is CCCC(C)NC(=O)CCc1ncc(-c2ccc(C)cc2)o1. The van der Waals surface area contributed by atoms with Gasteiger partial charge >= 0.3 is 0 Å². The van der Waals surface area contributed by atoms with Crippen LogP contribution in [-0.2, 0) is 11.2 Å². The number of hydrogen-bond acceptors (Lipinski definition) is 3. The number of carbonyl (C=O) groups excluding carboxylic acids is 1. The van der Waals surface area contributed by atoms with Crippen molar-refractivity contribution in [3.8, 4) is 11.3 Å². The predicted molar refractivity (Wildman–Crippen MR) is 87.5 cm³/mol. The summed E-state index contributed by atoms with van der Waals surface area (Å²) in [6.07, 6.45) is 4.72. The van der Waals surface area contributed by atoms with Gasteiger partial charge in [0, 0.05) is 24.4 Å². The van der Waals surface area contributed by atoms with Gasteiger partial charge in [-0.2, -0.15) is 0 Å². The summed E-state index contributed by atoms with van der Waals surface area (Å²) in [4.78, 5) is 16.1. The molecule has 2 rings (SSSR count). The van der Waals surface area contributed by atoms with E-state index in [0.29, 0.717) is 18.7 Å². The van der Waals surface area contributed by atoms with E-state index in [1.54, 1.807) is 6.20 Å². The fourth-order valence-electron chi connectivity index (χ4n) is 2.35. The summed E-state index contributed by atoms with van der Waals surface area (Å²) < 4.78 is 5.72. The van der Waals surface area contributed by atoms with Gasteiger partial charge in [0.2, 0.25) is 5.91 Å². The van der Waals surface area contributed by atoms with Crippen molar-refractivity contribution in [1.29, 1.82) is 0 Å². The second-order valence-corrected chi connectivity index (χ2v) is 5.74. The monoisotopic (exact) mass is 300 g/mol. The maximum absolute atomic E-state index is 11.8. The molecule has 0 saturated heterocycles. The van der Waals surface area contributed by atoms with Crippen molar-refractivity contribution >= 4 is 5.91 Å². The van der Waals surface area contributed by atoms with Crippen LogP contribution in [0.3, 0.4) is 0 Å². The molecule has 1 aromatic heterocycles. The molecule has 2 aromatic rings. The maximum Gasteiger partial charge on any atom is 0.220 e. The average Bonchev–Trinajstić information content (AvgIpc) is 2.95. The zero-order chi connectivity index (χ0) is 15.9. The van der Waals surface area contributed by atoms with E-state index in [9.17, 15) is 4.79 Å². The number of aryl methyl sites for hydroxylation is 2. The Hall–Kier alpha value is -2.10. The molecule has 0 radical (unpaired) electrons. The second kappa shape index (κ2) is 7.78.